The molecule has 0 fully saturated rings. The van der Waals surface area contributed by atoms with Gasteiger partial charge in [-0.3, -0.25) is 15.4 Å². The van der Waals surface area contributed by atoms with Crippen LogP contribution in [0.3, 0.4) is 0 Å². The van der Waals surface area contributed by atoms with E-state index in [1.165, 1.54) is 0 Å². The number of rotatable bonds is 0. The Labute approximate surface area is 84.4 Å². The van der Waals surface area contributed by atoms with Crippen molar-refractivity contribution in [3.63, 3.8) is 0 Å². The fourth-order valence-corrected chi connectivity index (χ4v) is 1.73. The molecule has 1 aromatic heterocycles. The number of fused-ring (bicyclic) bond motifs is 3. The predicted molar refractivity (Wildman–Crippen MR) is 53.2 cm³/mol. The summed E-state index contributed by atoms with van der Waals surface area (Å²) in [5.74, 6) is -0.300. The van der Waals surface area contributed by atoms with Crippen molar-refractivity contribution < 1.29 is 10.0 Å². The molecule has 0 aliphatic carbocycles. The van der Waals surface area contributed by atoms with Crippen molar-refractivity contribution in [1.29, 1.82) is 0 Å². The number of hydrogen-bond acceptors (Lipinski definition) is 4. The van der Waals surface area contributed by atoms with E-state index in [0.717, 1.165) is 16.1 Å². The maximum absolute atomic E-state index is 11.5. The average Bonchev–Trinajstić information content (AvgIpc) is 2.64. The van der Waals surface area contributed by atoms with Crippen LogP contribution in [0.25, 0.3) is 10.9 Å². The van der Waals surface area contributed by atoms with Crippen LogP contribution < -0.4 is 16.1 Å². The summed E-state index contributed by atoms with van der Waals surface area (Å²) in [4.78, 5) is 14.4. The Balaban J connectivity index is 2.38. The minimum Gasteiger partial charge on any atom is -0.349 e. The molecule has 0 atom stereocenters. The normalized spacial score (nSPS) is 15.3. The third kappa shape index (κ3) is 1.03. The maximum atomic E-state index is 11.5. The summed E-state index contributed by atoms with van der Waals surface area (Å²) in [5, 5.41) is 11.1. The molecule has 6 nitrogen and oxygen atoms in total. The van der Waals surface area contributed by atoms with E-state index in [4.69, 9.17) is 0 Å². The molecule has 0 saturated heterocycles. The number of amides is 1. The highest BCUT2D eigenvalue weighted by molar-refractivity contribution is 6.09. The van der Waals surface area contributed by atoms with Crippen molar-refractivity contribution in [1.82, 2.24) is 15.9 Å². The van der Waals surface area contributed by atoms with E-state index in [1.807, 2.05) is 24.3 Å². The highest BCUT2D eigenvalue weighted by Gasteiger charge is 2.26. The minimum absolute atomic E-state index is 0.300. The van der Waals surface area contributed by atoms with Crippen LogP contribution in [-0.2, 0) is 0 Å². The Hall–Kier alpha value is -2.05. The van der Waals surface area contributed by atoms with Crippen molar-refractivity contribution >= 4 is 22.5 Å². The first-order valence-electron chi connectivity index (χ1n) is 4.43. The second-order valence-electron chi connectivity index (χ2n) is 3.27. The van der Waals surface area contributed by atoms with Gasteiger partial charge >= 0.3 is 0 Å². The number of benzene rings is 1. The number of aromatic nitrogens is 1. The first kappa shape index (κ1) is 8.27. The Morgan fingerprint density at radius 2 is 2.07 bits per heavy atom. The van der Waals surface area contributed by atoms with Gasteiger partial charge in [-0.1, -0.05) is 18.2 Å². The molecule has 76 valence electrons. The monoisotopic (exact) mass is 204 g/mol. The summed E-state index contributed by atoms with van der Waals surface area (Å²) in [5.41, 5.74) is 6.23. The summed E-state index contributed by atoms with van der Waals surface area (Å²) in [6.45, 7) is 0. The van der Waals surface area contributed by atoms with E-state index in [0.29, 0.717) is 11.4 Å². The number of hydrogen-bond donors (Lipinski definition) is 4. The number of carbonyl (C=O) groups is 1. The molecule has 1 aromatic carbocycles. The lowest BCUT2D eigenvalue weighted by molar-refractivity contribution is 0.0854. The standard InChI is InChI=1S/C9H8N4O2/c14-9-7-8(13(15)12-11-9)5-3-1-2-4-6(5)10-7/h1-4,10,12,15H,(H,11,14). The quantitative estimate of drug-likeness (QED) is 0.504. The van der Waals surface area contributed by atoms with E-state index in [2.05, 4.69) is 15.9 Å². The number of H-pyrrole nitrogens is 1. The molecular formula is C9H8N4O2. The SMILES string of the molecule is O=C1NNN(O)c2c1[nH]c1ccccc21. The van der Waals surface area contributed by atoms with Crippen LogP contribution in [0.1, 0.15) is 10.5 Å². The van der Waals surface area contributed by atoms with Gasteiger partial charge in [0.2, 0.25) is 0 Å². The third-order valence-corrected chi connectivity index (χ3v) is 2.39. The lowest BCUT2D eigenvalue weighted by Crippen LogP contribution is -2.52. The smallest absolute Gasteiger partial charge is 0.285 e. The summed E-state index contributed by atoms with van der Waals surface area (Å²) < 4.78 is 0. The number of nitrogens with one attached hydrogen (secondary N) is 3. The zero-order valence-electron chi connectivity index (χ0n) is 7.61. The molecule has 1 amide bonds. The van der Waals surface area contributed by atoms with Crippen LogP contribution in [0.4, 0.5) is 5.69 Å². The molecule has 2 aromatic rings. The van der Waals surface area contributed by atoms with Crippen LogP contribution in [0.5, 0.6) is 0 Å². The topological polar surface area (TPSA) is 80.4 Å². The Kier molecular flexibility index (Phi) is 1.50. The largest absolute Gasteiger partial charge is 0.349 e. The fraction of sp³-hybridized carbons (Fsp3) is 0. The highest BCUT2D eigenvalue weighted by Crippen LogP contribution is 2.30. The zero-order chi connectivity index (χ0) is 10.4. The summed E-state index contributed by atoms with van der Waals surface area (Å²) >= 11 is 0. The first-order chi connectivity index (χ1) is 7.27. The molecule has 4 N–H and O–H groups in total. The van der Waals surface area contributed by atoms with E-state index in [1.54, 1.807) is 0 Å². The Morgan fingerprint density at radius 3 is 2.93 bits per heavy atom. The number of para-hydroxylation sites is 1. The molecule has 0 spiro atoms. The number of aromatic amines is 1. The van der Waals surface area contributed by atoms with Gasteiger partial charge in [0.05, 0.1) is 0 Å². The minimum atomic E-state index is -0.300. The molecule has 1 aliphatic rings. The molecule has 0 radical (unpaired) electrons. The van der Waals surface area contributed by atoms with Gasteiger partial charge in [0.25, 0.3) is 5.91 Å². The summed E-state index contributed by atoms with van der Waals surface area (Å²) in [6.07, 6.45) is 0. The summed E-state index contributed by atoms with van der Waals surface area (Å²) in [6, 6.07) is 7.37. The molecular weight excluding hydrogens is 196 g/mol. The molecule has 0 bridgehead atoms. The van der Waals surface area contributed by atoms with Crippen molar-refractivity contribution in [3.05, 3.63) is 30.0 Å². The highest BCUT2D eigenvalue weighted by atomic mass is 16.5. The van der Waals surface area contributed by atoms with E-state index < -0.39 is 0 Å². The molecule has 0 saturated carbocycles. The lowest BCUT2D eigenvalue weighted by atomic mass is 10.2. The second-order valence-corrected chi connectivity index (χ2v) is 3.27. The van der Waals surface area contributed by atoms with Crippen molar-refractivity contribution in [2.75, 3.05) is 5.17 Å². The van der Waals surface area contributed by atoms with Gasteiger partial charge in [-0.25, -0.2) is 0 Å². The fourth-order valence-electron chi connectivity index (χ4n) is 1.73. The molecule has 6 heteroatoms. The van der Waals surface area contributed by atoms with Crippen LogP contribution in [0.2, 0.25) is 0 Å². The number of anilines is 1. The predicted octanol–water partition coefficient (Wildman–Crippen LogP) is 0.526. The number of hydrazine groups is 2. The van der Waals surface area contributed by atoms with Crippen molar-refractivity contribution in [2.45, 2.75) is 0 Å². The Bertz CT molecular complexity index is 548. The van der Waals surface area contributed by atoms with Gasteiger partial charge in [0.15, 0.2) is 0 Å². The van der Waals surface area contributed by atoms with Crippen molar-refractivity contribution in [3.8, 4) is 0 Å². The van der Waals surface area contributed by atoms with Crippen LogP contribution in [-0.4, -0.2) is 16.1 Å². The van der Waals surface area contributed by atoms with Crippen molar-refractivity contribution in [2.24, 2.45) is 0 Å². The maximum Gasteiger partial charge on any atom is 0.285 e. The van der Waals surface area contributed by atoms with Crippen LogP contribution in [0.15, 0.2) is 24.3 Å². The van der Waals surface area contributed by atoms with Gasteiger partial charge in [-0.2, -0.15) is 5.17 Å². The van der Waals surface area contributed by atoms with Gasteiger partial charge in [0, 0.05) is 10.9 Å². The zero-order valence-corrected chi connectivity index (χ0v) is 7.61. The van der Waals surface area contributed by atoms with Crippen LogP contribution >= 0.6 is 0 Å². The molecule has 3 rings (SSSR count). The molecule has 0 unspecified atom stereocenters. The van der Waals surface area contributed by atoms with E-state index >= 15 is 0 Å². The van der Waals surface area contributed by atoms with Gasteiger partial charge in [-0.15, -0.1) is 5.53 Å². The van der Waals surface area contributed by atoms with E-state index in [-0.39, 0.29) is 5.91 Å². The van der Waals surface area contributed by atoms with E-state index in [9.17, 15) is 10.0 Å². The lowest BCUT2D eigenvalue weighted by Gasteiger charge is -2.23. The molecule has 2 heterocycles. The second kappa shape index (κ2) is 2.72. The third-order valence-electron chi connectivity index (χ3n) is 2.39. The van der Waals surface area contributed by atoms with Gasteiger partial charge in [0.1, 0.15) is 11.4 Å². The van der Waals surface area contributed by atoms with Crippen LogP contribution in [0, 0.1) is 0 Å². The number of carbonyl (C=O) groups excluding carboxylic acids is 1. The average molecular weight is 204 g/mol. The summed E-state index contributed by atoms with van der Waals surface area (Å²) in [7, 11) is 0. The Morgan fingerprint density at radius 1 is 1.27 bits per heavy atom. The molecule has 1 aliphatic heterocycles. The van der Waals surface area contributed by atoms with Gasteiger partial charge < -0.3 is 4.98 Å². The van der Waals surface area contributed by atoms with Gasteiger partial charge in [-0.05, 0) is 6.07 Å². The first-order valence-corrected chi connectivity index (χ1v) is 4.43. The number of nitrogens with zero attached hydrogens (tertiary/aromatic N) is 1. The molecule has 15 heavy (non-hydrogen) atoms.